The van der Waals surface area contributed by atoms with Crippen LogP contribution in [0.15, 0.2) is 30.5 Å². The fourth-order valence-corrected chi connectivity index (χ4v) is 2.07. The molecule has 0 spiro atoms. The fraction of sp³-hybridized carbons (Fsp3) is 0.385. The van der Waals surface area contributed by atoms with Crippen LogP contribution in [0.25, 0.3) is 0 Å². The summed E-state index contributed by atoms with van der Waals surface area (Å²) in [5, 5.41) is 7.95. The van der Waals surface area contributed by atoms with E-state index in [1.807, 2.05) is 23.7 Å². The van der Waals surface area contributed by atoms with Crippen molar-refractivity contribution in [3.05, 3.63) is 47.3 Å². The van der Waals surface area contributed by atoms with E-state index in [0.717, 1.165) is 24.2 Å². The Morgan fingerprint density at radius 1 is 1.29 bits per heavy atom. The van der Waals surface area contributed by atoms with Gasteiger partial charge in [-0.2, -0.15) is 0 Å². The number of aryl methyl sites for hydroxylation is 2. The van der Waals surface area contributed by atoms with E-state index in [0.29, 0.717) is 0 Å². The predicted molar refractivity (Wildman–Crippen MR) is 67.5 cm³/mol. The van der Waals surface area contributed by atoms with Gasteiger partial charge in [-0.15, -0.1) is 5.10 Å². The lowest BCUT2D eigenvalue weighted by Gasteiger charge is -2.16. The van der Waals surface area contributed by atoms with Crippen molar-refractivity contribution < 1.29 is 0 Å². The van der Waals surface area contributed by atoms with Crippen molar-refractivity contribution in [1.29, 1.82) is 0 Å². The molecule has 17 heavy (non-hydrogen) atoms. The minimum Gasteiger partial charge on any atom is -0.319 e. The van der Waals surface area contributed by atoms with Gasteiger partial charge in [0.2, 0.25) is 0 Å². The first-order valence-corrected chi connectivity index (χ1v) is 5.99. The number of rotatable bonds is 4. The highest BCUT2D eigenvalue weighted by atomic mass is 15.4. The number of nitrogens with two attached hydrogens (primary N) is 1. The third-order valence-corrected chi connectivity index (χ3v) is 3.04. The van der Waals surface area contributed by atoms with Gasteiger partial charge in [0.05, 0.1) is 17.9 Å². The Morgan fingerprint density at radius 3 is 2.76 bits per heavy atom. The van der Waals surface area contributed by atoms with Gasteiger partial charge < -0.3 is 5.73 Å². The van der Waals surface area contributed by atoms with E-state index >= 15 is 0 Å². The molecule has 4 heteroatoms. The van der Waals surface area contributed by atoms with Crippen LogP contribution >= 0.6 is 0 Å². The Bertz CT molecular complexity index is 490. The summed E-state index contributed by atoms with van der Waals surface area (Å²) in [5.41, 5.74) is 9.72. The molecule has 0 saturated heterocycles. The molecule has 0 amide bonds. The van der Waals surface area contributed by atoms with Gasteiger partial charge in [0.25, 0.3) is 0 Å². The molecule has 0 bridgehead atoms. The van der Waals surface area contributed by atoms with Crippen molar-refractivity contribution in [1.82, 2.24) is 15.0 Å². The van der Waals surface area contributed by atoms with Gasteiger partial charge >= 0.3 is 0 Å². The van der Waals surface area contributed by atoms with E-state index in [1.54, 1.807) is 6.20 Å². The molecule has 1 aromatic heterocycles. The molecule has 1 heterocycles. The first kappa shape index (κ1) is 11.8. The summed E-state index contributed by atoms with van der Waals surface area (Å²) < 4.78 is 1.84. The van der Waals surface area contributed by atoms with E-state index in [2.05, 4.69) is 29.4 Å². The maximum Gasteiger partial charge on any atom is 0.0799 e. The van der Waals surface area contributed by atoms with Gasteiger partial charge in [-0.05, 0) is 24.5 Å². The molecule has 0 aliphatic heterocycles. The van der Waals surface area contributed by atoms with Crippen LogP contribution in [0, 0.1) is 0 Å². The highest BCUT2D eigenvalue weighted by Crippen LogP contribution is 2.22. The summed E-state index contributed by atoms with van der Waals surface area (Å²) in [4.78, 5) is 0. The molecule has 90 valence electrons. The topological polar surface area (TPSA) is 56.7 Å². The minimum atomic E-state index is -0.152. The maximum atomic E-state index is 6.31. The fourth-order valence-electron chi connectivity index (χ4n) is 2.07. The van der Waals surface area contributed by atoms with E-state index in [9.17, 15) is 0 Å². The van der Waals surface area contributed by atoms with Gasteiger partial charge in [0, 0.05) is 6.54 Å². The van der Waals surface area contributed by atoms with Crippen molar-refractivity contribution in [3.63, 3.8) is 0 Å². The van der Waals surface area contributed by atoms with Crippen LogP contribution in [0.4, 0.5) is 0 Å². The smallest absolute Gasteiger partial charge is 0.0799 e. The molecule has 2 aromatic rings. The second-order valence-corrected chi connectivity index (χ2v) is 4.00. The van der Waals surface area contributed by atoms with Crippen molar-refractivity contribution in [3.8, 4) is 0 Å². The Hall–Kier alpha value is -1.68. The monoisotopic (exact) mass is 230 g/mol. The van der Waals surface area contributed by atoms with Crippen molar-refractivity contribution in [2.45, 2.75) is 32.9 Å². The Kier molecular flexibility index (Phi) is 3.54. The standard InChI is InChI=1S/C13H18N4/c1-3-10-7-5-6-8-11(10)13(14)12-9-15-16-17(12)4-2/h5-9,13H,3-4,14H2,1-2H3. The number of aromatic nitrogens is 3. The zero-order valence-corrected chi connectivity index (χ0v) is 10.3. The molecular weight excluding hydrogens is 212 g/mol. The predicted octanol–water partition coefficient (Wildman–Crippen LogP) is 1.91. The molecule has 1 atom stereocenters. The molecule has 0 aliphatic carbocycles. The first-order chi connectivity index (χ1) is 8.27. The summed E-state index contributed by atoms with van der Waals surface area (Å²) in [6.07, 6.45) is 2.73. The highest BCUT2D eigenvalue weighted by Gasteiger charge is 2.16. The highest BCUT2D eigenvalue weighted by molar-refractivity contribution is 5.34. The molecule has 2 rings (SSSR count). The van der Waals surface area contributed by atoms with E-state index in [1.165, 1.54) is 5.56 Å². The number of hydrogen-bond acceptors (Lipinski definition) is 3. The lowest BCUT2D eigenvalue weighted by Crippen LogP contribution is -2.18. The average molecular weight is 230 g/mol. The van der Waals surface area contributed by atoms with Crippen LogP contribution in [-0.4, -0.2) is 15.0 Å². The van der Waals surface area contributed by atoms with Crippen LogP contribution in [-0.2, 0) is 13.0 Å². The van der Waals surface area contributed by atoms with Gasteiger partial charge in [-0.3, -0.25) is 0 Å². The minimum absolute atomic E-state index is 0.152. The van der Waals surface area contributed by atoms with Crippen LogP contribution in [0.1, 0.15) is 36.7 Å². The second kappa shape index (κ2) is 5.10. The van der Waals surface area contributed by atoms with Crippen LogP contribution in [0.5, 0.6) is 0 Å². The molecule has 4 nitrogen and oxygen atoms in total. The van der Waals surface area contributed by atoms with Gasteiger partial charge in [-0.1, -0.05) is 36.4 Å². The maximum absolute atomic E-state index is 6.31. The first-order valence-electron chi connectivity index (χ1n) is 5.99. The summed E-state index contributed by atoms with van der Waals surface area (Å²) in [6.45, 7) is 4.97. The summed E-state index contributed by atoms with van der Waals surface area (Å²) in [7, 11) is 0. The van der Waals surface area contributed by atoms with E-state index in [4.69, 9.17) is 5.73 Å². The third-order valence-electron chi connectivity index (χ3n) is 3.04. The van der Waals surface area contributed by atoms with Crippen LogP contribution in [0.3, 0.4) is 0 Å². The molecule has 1 aromatic carbocycles. The lowest BCUT2D eigenvalue weighted by atomic mass is 9.97. The SMILES string of the molecule is CCc1ccccc1C(N)c1cnnn1CC. The Labute approximate surface area is 101 Å². The largest absolute Gasteiger partial charge is 0.319 e. The third kappa shape index (κ3) is 2.22. The van der Waals surface area contributed by atoms with Crippen molar-refractivity contribution >= 4 is 0 Å². The molecule has 0 fully saturated rings. The molecular formula is C13H18N4. The molecule has 0 aliphatic rings. The quantitative estimate of drug-likeness (QED) is 0.872. The van der Waals surface area contributed by atoms with E-state index < -0.39 is 0 Å². The van der Waals surface area contributed by atoms with Crippen molar-refractivity contribution in [2.75, 3.05) is 0 Å². The van der Waals surface area contributed by atoms with E-state index in [-0.39, 0.29) is 6.04 Å². The summed E-state index contributed by atoms with van der Waals surface area (Å²) in [6, 6.07) is 8.12. The molecule has 0 saturated carbocycles. The summed E-state index contributed by atoms with van der Waals surface area (Å²) in [5.74, 6) is 0. The Balaban J connectivity index is 2.40. The van der Waals surface area contributed by atoms with Gasteiger partial charge in [0.15, 0.2) is 0 Å². The van der Waals surface area contributed by atoms with Crippen molar-refractivity contribution in [2.24, 2.45) is 5.73 Å². The second-order valence-electron chi connectivity index (χ2n) is 4.00. The zero-order valence-electron chi connectivity index (χ0n) is 10.3. The Morgan fingerprint density at radius 2 is 2.06 bits per heavy atom. The molecule has 1 unspecified atom stereocenters. The van der Waals surface area contributed by atoms with Gasteiger partial charge in [0.1, 0.15) is 0 Å². The summed E-state index contributed by atoms with van der Waals surface area (Å²) >= 11 is 0. The van der Waals surface area contributed by atoms with Crippen LogP contribution in [0.2, 0.25) is 0 Å². The number of benzene rings is 1. The number of hydrogen-bond donors (Lipinski definition) is 1. The number of nitrogens with zero attached hydrogens (tertiary/aromatic N) is 3. The average Bonchev–Trinajstić information content (AvgIpc) is 2.86. The van der Waals surface area contributed by atoms with Gasteiger partial charge in [-0.25, -0.2) is 4.68 Å². The zero-order chi connectivity index (χ0) is 12.3. The molecule has 2 N–H and O–H groups in total. The lowest BCUT2D eigenvalue weighted by molar-refractivity contribution is 0.580. The van der Waals surface area contributed by atoms with Crippen LogP contribution < -0.4 is 5.73 Å². The normalized spacial score (nSPS) is 12.6. The molecule has 0 radical (unpaired) electrons.